The molecular formula is C16H26O7. The highest BCUT2D eigenvalue weighted by molar-refractivity contribution is 5.87. The van der Waals surface area contributed by atoms with Gasteiger partial charge >= 0.3 is 17.9 Å². The minimum Gasteiger partial charge on any atom is -0.478 e. The van der Waals surface area contributed by atoms with Gasteiger partial charge in [-0.1, -0.05) is 19.7 Å². The van der Waals surface area contributed by atoms with Crippen LogP contribution in [0.4, 0.5) is 0 Å². The predicted octanol–water partition coefficient (Wildman–Crippen LogP) is 1.87. The van der Waals surface area contributed by atoms with Crippen molar-refractivity contribution < 1.29 is 34.1 Å². The molecular weight excluding hydrogens is 304 g/mol. The fourth-order valence-corrected chi connectivity index (χ4v) is 0.527. The normalized spacial score (nSPS) is 8.22. The van der Waals surface area contributed by atoms with Gasteiger partial charge in [-0.3, -0.25) is 0 Å². The van der Waals surface area contributed by atoms with Gasteiger partial charge in [0.15, 0.2) is 0 Å². The van der Waals surface area contributed by atoms with E-state index in [1.807, 2.05) is 0 Å². The van der Waals surface area contributed by atoms with Crippen LogP contribution in [-0.2, 0) is 23.9 Å². The summed E-state index contributed by atoms with van der Waals surface area (Å²) in [7, 11) is 1.33. The number of hydrogen-bond donors (Lipinski definition) is 2. The molecule has 0 aliphatic rings. The summed E-state index contributed by atoms with van der Waals surface area (Å²) in [6, 6.07) is 0. The van der Waals surface area contributed by atoms with Gasteiger partial charge in [-0.05, 0) is 20.8 Å². The van der Waals surface area contributed by atoms with Gasteiger partial charge in [-0.2, -0.15) is 0 Å². The Kier molecular flexibility index (Phi) is 17.7. The number of carbonyl (C=O) groups excluding carboxylic acids is 2. The van der Waals surface area contributed by atoms with Gasteiger partial charge in [-0.15, -0.1) is 0 Å². The molecule has 0 heterocycles. The number of aliphatic hydroxyl groups is 1. The summed E-state index contributed by atoms with van der Waals surface area (Å²) in [6.07, 6.45) is 0.485. The molecule has 0 aromatic rings. The zero-order chi connectivity index (χ0) is 19.0. The molecule has 2 N–H and O–H groups in total. The smallest absolute Gasteiger partial charge is 0.333 e. The second-order valence-electron chi connectivity index (χ2n) is 4.35. The highest BCUT2D eigenvalue weighted by Gasteiger charge is 2.00. The molecule has 7 nitrogen and oxygen atoms in total. The first-order chi connectivity index (χ1) is 10.5. The number of aliphatic carboxylic acids is 1. The Balaban J connectivity index is -0.000000272. The molecule has 0 bridgehead atoms. The molecule has 0 radical (unpaired) electrons. The second kappa shape index (κ2) is 16.0. The van der Waals surface area contributed by atoms with Crippen molar-refractivity contribution in [2.24, 2.45) is 0 Å². The van der Waals surface area contributed by atoms with Gasteiger partial charge in [-0.25, -0.2) is 14.4 Å². The second-order valence-corrected chi connectivity index (χ2v) is 4.35. The number of carboxylic acid groups (broad SMARTS) is 1. The number of aliphatic hydroxyl groups excluding tert-OH is 1. The van der Waals surface area contributed by atoms with Crippen LogP contribution in [0.1, 0.15) is 27.2 Å². The van der Waals surface area contributed by atoms with Gasteiger partial charge in [0.25, 0.3) is 0 Å². The van der Waals surface area contributed by atoms with Crippen LogP contribution in [0.5, 0.6) is 0 Å². The molecule has 0 aromatic heterocycles. The van der Waals surface area contributed by atoms with E-state index in [2.05, 4.69) is 29.2 Å². The quantitative estimate of drug-likeness (QED) is 0.434. The summed E-state index contributed by atoms with van der Waals surface area (Å²) in [5, 5.41) is 16.2. The average Bonchev–Trinajstić information content (AvgIpc) is 2.47. The first-order valence-corrected chi connectivity index (χ1v) is 6.57. The SMILES string of the molecule is C=C(C)C(=O)O.C=C(C)C(=O)OC.C=C(C)C(=O)OCCCO. The van der Waals surface area contributed by atoms with Crippen molar-refractivity contribution in [1.29, 1.82) is 0 Å². The van der Waals surface area contributed by atoms with Crippen molar-refractivity contribution in [1.82, 2.24) is 0 Å². The van der Waals surface area contributed by atoms with Gasteiger partial charge in [0.2, 0.25) is 0 Å². The van der Waals surface area contributed by atoms with E-state index in [4.69, 9.17) is 10.2 Å². The topological polar surface area (TPSA) is 110 Å². The van der Waals surface area contributed by atoms with Crippen LogP contribution in [0, 0.1) is 0 Å². The summed E-state index contributed by atoms with van der Waals surface area (Å²) in [5.74, 6) is -1.68. The predicted molar refractivity (Wildman–Crippen MR) is 86.8 cm³/mol. The van der Waals surface area contributed by atoms with Gasteiger partial charge in [0.1, 0.15) is 0 Å². The summed E-state index contributed by atoms with van der Waals surface area (Å²) >= 11 is 0. The van der Waals surface area contributed by atoms with Crippen molar-refractivity contribution in [2.75, 3.05) is 20.3 Å². The van der Waals surface area contributed by atoms with Crippen LogP contribution in [0.2, 0.25) is 0 Å². The Morgan fingerprint density at radius 1 is 0.913 bits per heavy atom. The number of methoxy groups -OCH3 is 1. The van der Waals surface area contributed by atoms with E-state index in [0.29, 0.717) is 17.6 Å². The van der Waals surface area contributed by atoms with E-state index in [0.717, 1.165) is 0 Å². The lowest BCUT2D eigenvalue weighted by atomic mass is 10.4. The summed E-state index contributed by atoms with van der Waals surface area (Å²) in [4.78, 5) is 30.4. The number of carboxylic acids is 1. The van der Waals surface area contributed by atoms with Crippen molar-refractivity contribution >= 4 is 17.9 Å². The van der Waals surface area contributed by atoms with Crippen LogP contribution in [0.15, 0.2) is 36.5 Å². The lowest BCUT2D eigenvalue weighted by Gasteiger charge is -2.00. The lowest BCUT2D eigenvalue weighted by molar-refractivity contribution is -0.139. The maximum atomic E-state index is 10.6. The van der Waals surface area contributed by atoms with E-state index in [1.54, 1.807) is 13.8 Å². The van der Waals surface area contributed by atoms with Crippen LogP contribution in [-0.4, -0.2) is 48.4 Å². The van der Waals surface area contributed by atoms with E-state index in [9.17, 15) is 14.4 Å². The zero-order valence-electron chi connectivity index (χ0n) is 14.2. The minimum atomic E-state index is -0.935. The standard InChI is InChI=1S/C7H12O3.C5H8O2.C4H6O2/c1-6(2)7(9)10-5-3-4-8;1-4(2)5(6)7-3;1-3(2)4(5)6/h8H,1,3-5H2,2H3;1H2,2-3H3;1H2,2H3,(H,5,6). The van der Waals surface area contributed by atoms with Crippen molar-refractivity contribution in [3.8, 4) is 0 Å². The molecule has 0 atom stereocenters. The molecule has 0 aliphatic carbocycles. The van der Waals surface area contributed by atoms with Crippen molar-refractivity contribution in [3.63, 3.8) is 0 Å². The van der Waals surface area contributed by atoms with E-state index in [1.165, 1.54) is 14.0 Å². The number of ether oxygens (including phenoxy) is 2. The monoisotopic (exact) mass is 330 g/mol. The Morgan fingerprint density at radius 3 is 1.48 bits per heavy atom. The van der Waals surface area contributed by atoms with E-state index < -0.39 is 11.9 Å². The van der Waals surface area contributed by atoms with Gasteiger partial charge < -0.3 is 19.7 Å². The molecule has 0 fully saturated rings. The average molecular weight is 330 g/mol. The van der Waals surface area contributed by atoms with E-state index >= 15 is 0 Å². The molecule has 0 rings (SSSR count). The van der Waals surface area contributed by atoms with Crippen molar-refractivity contribution in [3.05, 3.63) is 36.5 Å². The lowest BCUT2D eigenvalue weighted by Crippen LogP contribution is -2.06. The van der Waals surface area contributed by atoms with Crippen LogP contribution in [0.3, 0.4) is 0 Å². The largest absolute Gasteiger partial charge is 0.478 e. The van der Waals surface area contributed by atoms with Crippen LogP contribution < -0.4 is 0 Å². The summed E-state index contributed by atoms with van der Waals surface area (Å²) in [6.45, 7) is 14.8. The minimum absolute atomic E-state index is 0.0451. The Bertz CT molecular complexity index is 424. The maximum absolute atomic E-state index is 10.6. The number of carbonyl (C=O) groups is 3. The van der Waals surface area contributed by atoms with Crippen LogP contribution >= 0.6 is 0 Å². The molecule has 132 valence electrons. The highest BCUT2D eigenvalue weighted by atomic mass is 16.5. The molecule has 0 spiro atoms. The molecule has 23 heavy (non-hydrogen) atoms. The fourth-order valence-electron chi connectivity index (χ4n) is 0.527. The van der Waals surface area contributed by atoms with Crippen molar-refractivity contribution in [2.45, 2.75) is 27.2 Å². The third-order valence-electron chi connectivity index (χ3n) is 1.78. The number of esters is 2. The summed E-state index contributed by atoms with van der Waals surface area (Å²) in [5.41, 5.74) is 0.996. The summed E-state index contributed by atoms with van der Waals surface area (Å²) < 4.78 is 8.92. The third kappa shape index (κ3) is 22.0. The van der Waals surface area contributed by atoms with Crippen LogP contribution in [0.25, 0.3) is 0 Å². The first-order valence-electron chi connectivity index (χ1n) is 6.57. The highest BCUT2D eigenvalue weighted by Crippen LogP contribution is 1.92. The molecule has 0 saturated heterocycles. The Morgan fingerprint density at radius 2 is 1.30 bits per heavy atom. The Hall–Kier alpha value is -2.41. The number of hydrogen-bond acceptors (Lipinski definition) is 6. The maximum Gasteiger partial charge on any atom is 0.333 e. The third-order valence-corrected chi connectivity index (χ3v) is 1.78. The molecule has 7 heteroatoms. The number of rotatable bonds is 6. The molecule has 0 aliphatic heterocycles. The molecule has 0 unspecified atom stereocenters. The van der Waals surface area contributed by atoms with Gasteiger partial charge in [0, 0.05) is 29.7 Å². The van der Waals surface area contributed by atoms with E-state index in [-0.39, 0.29) is 24.8 Å². The molecule has 0 aromatic carbocycles. The fraction of sp³-hybridized carbons (Fsp3) is 0.438. The first kappa shape index (κ1) is 25.5. The van der Waals surface area contributed by atoms with Gasteiger partial charge in [0.05, 0.1) is 13.7 Å². The Labute approximate surface area is 136 Å². The molecule has 0 saturated carbocycles. The molecule has 0 amide bonds. The zero-order valence-corrected chi connectivity index (χ0v) is 14.2.